The molecule has 0 fully saturated rings. The second kappa shape index (κ2) is 6.99. The first-order chi connectivity index (χ1) is 13.9. The maximum Gasteiger partial charge on any atom is 0.274 e. The van der Waals surface area contributed by atoms with Crippen molar-refractivity contribution in [3.05, 3.63) is 81.8 Å². The summed E-state index contributed by atoms with van der Waals surface area (Å²) in [5.41, 5.74) is 3.08. The minimum Gasteiger partial charge on any atom is -0.328 e. The van der Waals surface area contributed by atoms with Crippen LogP contribution in [0.1, 0.15) is 18.2 Å². The molecule has 2 heterocycles. The predicted octanol–water partition coefficient (Wildman–Crippen LogP) is 4.08. The number of nitriles is 1. The molecule has 0 amide bonds. The van der Waals surface area contributed by atoms with E-state index in [2.05, 4.69) is 11.2 Å². The first kappa shape index (κ1) is 18.6. The summed E-state index contributed by atoms with van der Waals surface area (Å²) in [4.78, 5) is 12.8. The van der Waals surface area contributed by atoms with Gasteiger partial charge in [0.2, 0.25) is 0 Å². The number of hydrogen-bond donors (Lipinski definition) is 0. The van der Waals surface area contributed by atoms with Gasteiger partial charge in [-0.15, -0.1) is 0 Å². The molecule has 0 radical (unpaired) electrons. The van der Waals surface area contributed by atoms with Crippen LogP contribution in [0.3, 0.4) is 0 Å². The lowest BCUT2D eigenvalue weighted by molar-refractivity contribution is 0.585. The number of fused-ring (bicyclic) bond motifs is 1. The molecule has 0 unspecified atom stereocenters. The van der Waals surface area contributed by atoms with Gasteiger partial charge in [0.05, 0.1) is 28.6 Å². The van der Waals surface area contributed by atoms with E-state index in [0.29, 0.717) is 34.6 Å². The van der Waals surface area contributed by atoms with Gasteiger partial charge in [-0.05, 0) is 36.2 Å². The predicted molar refractivity (Wildman–Crippen MR) is 105 cm³/mol. The fraction of sp³-hybridized carbons (Fsp3) is 0.136. The Morgan fingerprint density at radius 3 is 2.45 bits per heavy atom. The van der Waals surface area contributed by atoms with Gasteiger partial charge in [0, 0.05) is 24.7 Å². The summed E-state index contributed by atoms with van der Waals surface area (Å²) in [5.74, 6) is -1.39. The zero-order valence-corrected chi connectivity index (χ0v) is 15.8. The quantitative estimate of drug-likeness (QED) is 0.530. The van der Waals surface area contributed by atoms with Crippen LogP contribution in [-0.4, -0.2) is 14.2 Å². The second-order valence-corrected chi connectivity index (χ2v) is 6.65. The molecule has 29 heavy (non-hydrogen) atoms. The van der Waals surface area contributed by atoms with Crippen molar-refractivity contribution in [2.75, 3.05) is 0 Å². The molecular formula is C22H16F2N4O. The average Bonchev–Trinajstić information content (AvgIpc) is 3.11. The van der Waals surface area contributed by atoms with Crippen molar-refractivity contribution in [3.63, 3.8) is 0 Å². The molecule has 5 nitrogen and oxygen atoms in total. The van der Waals surface area contributed by atoms with Crippen molar-refractivity contribution in [1.82, 2.24) is 14.2 Å². The minimum absolute atomic E-state index is 0.185. The van der Waals surface area contributed by atoms with Gasteiger partial charge in [-0.25, -0.2) is 8.78 Å². The van der Waals surface area contributed by atoms with Gasteiger partial charge in [-0.3, -0.25) is 4.79 Å². The topological polar surface area (TPSA) is 63.1 Å². The molecule has 0 aliphatic carbocycles. The first-order valence-corrected chi connectivity index (χ1v) is 9.02. The Labute approximate surface area is 165 Å². The Hall–Kier alpha value is -3.79. The van der Waals surface area contributed by atoms with E-state index in [-0.39, 0.29) is 11.1 Å². The summed E-state index contributed by atoms with van der Waals surface area (Å²) >= 11 is 0. The summed E-state index contributed by atoms with van der Waals surface area (Å²) in [6.07, 6.45) is 0.472. The summed E-state index contributed by atoms with van der Waals surface area (Å²) in [6, 6.07) is 13.7. The van der Waals surface area contributed by atoms with Gasteiger partial charge in [-0.2, -0.15) is 14.9 Å². The fourth-order valence-corrected chi connectivity index (χ4v) is 3.51. The zero-order valence-electron chi connectivity index (χ0n) is 15.8. The Morgan fingerprint density at radius 2 is 1.83 bits per heavy atom. The van der Waals surface area contributed by atoms with Gasteiger partial charge in [0.15, 0.2) is 0 Å². The number of benzene rings is 2. The average molecular weight is 390 g/mol. The monoisotopic (exact) mass is 390 g/mol. The van der Waals surface area contributed by atoms with Crippen LogP contribution < -0.4 is 5.56 Å². The van der Waals surface area contributed by atoms with Crippen LogP contribution in [0, 0.1) is 23.0 Å². The van der Waals surface area contributed by atoms with E-state index in [9.17, 15) is 13.6 Å². The van der Waals surface area contributed by atoms with E-state index in [1.165, 1.54) is 22.7 Å². The van der Waals surface area contributed by atoms with Crippen molar-refractivity contribution < 1.29 is 8.78 Å². The number of aryl methyl sites for hydroxylation is 2. The SMILES string of the molecule is CCc1nn2c(=O)cc(-c3ccc(C#N)cc3)n(C)c2c1-c1ccc(F)cc1F. The van der Waals surface area contributed by atoms with E-state index in [4.69, 9.17) is 5.26 Å². The Bertz CT molecular complexity index is 1340. The van der Waals surface area contributed by atoms with E-state index in [1.54, 1.807) is 35.9 Å². The standard InChI is InChI=1S/C22H16F2N4O/c1-3-18-21(16-9-8-15(23)10-17(16)24)22-27(2)19(11-20(29)28(22)26-18)14-6-4-13(12-25)5-7-14/h4-11H,3H2,1-2H3. The van der Waals surface area contributed by atoms with Crippen molar-refractivity contribution in [3.8, 4) is 28.5 Å². The van der Waals surface area contributed by atoms with E-state index >= 15 is 0 Å². The number of halogens is 2. The molecule has 0 N–H and O–H groups in total. The highest BCUT2D eigenvalue weighted by Crippen LogP contribution is 2.32. The highest BCUT2D eigenvalue weighted by Gasteiger charge is 2.21. The maximum absolute atomic E-state index is 14.6. The molecule has 0 aliphatic rings. The highest BCUT2D eigenvalue weighted by atomic mass is 19.1. The lowest BCUT2D eigenvalue weighted by atomic mass is 10.0. The Kier molecular flexibility index (Phi) is 4.47. The van der Waals surface area contributed by atoms with Crippen LogP contribution in [0.15, 0.2) is 53.3 Å². The van der Waals surface area contributed by atoms with Crippen molar-refractivity contribution in [2.24, 2.45) is 7.05 Å². The lowest BCUT2D eigenvalue weighted by Gasteiger charge is -2.13. The molecule has 0 bridgehead atoms. The normalized spacial score (nSPS) is 11.0. The van der Waals surface area contributed by atoms with E-state index in [0.717, 1.165) is 11.6 Å². The van der Waals surface area contributed by atoms with Crippen LogP contribution >= 0.6 is 0 Å². The van der Waals surface area contributed by atoms with Crippen LogP contribution in [0.4, 0.5) is 8.78 Å². The summed E-state index contributed by atoms with van der Waals surface area (Å²) in [6.45, 7) is 1.86. The molecule has 0 atom stereocenters. The zero-order chi connectivity index (χ0) is 20.7. The third-order valence-corrected chi connectivity index (χ3v) is 4.93. The van der Waals surface area contributed by atoms with Gasteiger partial charge >= 0.3 is 0 Å². The number of rotatable bonds is 3. The lowest BCUT2D eigenvalue weighted by Crippen LogP contribution is -2.18. The largest absolute Gasteiger partial charge is 0.328 e. The molecule has 4 aromatic rings. The third kappa shape index (κ3) is 2.99. The molecular weight excluding hydrogens is 374 g/mol. The molecule has 144 valence electrons. The van der Waals surface area contributed by atoms with E-state index in [1.807, 2.05) is 6.92 Å². The van der Waals surface area contributed by atoms with E-state index < -0.39 is 11.6 Å². The Morgan fingerprint density at radius 1 is 1.10 bits per heavy atom. The Balaban J connectivity index is 2.07. The van der Waals surface area contributed by atoms with Crippen molar-refractivity contribution >= 4 is 5.65 Å². The van der Waals surface area contributed by atoms with Gasteiger partial charge in [0.1, 0.15) is 17.3 Å². The number of nitrogens with zero attached hydrogens (tertiary/aromatic N) is 4. The highest BCUT2D eigenvalue weighted by molar-refractivity contribution is 5.82. The van der Waals surface area contributed by atoms with Crippen LogP contribution in [0.25, 0.3) is 28.0 Å². The summed E-state index contributed by atoms with van der Waals surface area (Å²) < 4.78 is 31.0. The minimum atomic E-state index is -0.717. The van der Waals surface area contributed by atoms with Crippen molar-refractivity contribution in [2.45, 2.75) is 13.3 Å². The fourth-order valence-electron chi connectivity index (χ4n) is 3.51. The number of aromatic nitrogens is 3. The van der Waals surface area contributed by atoms with Crippen LogP contribution in [0.2, 0.25) is 0 Å². The molecule has 0 saturated heterocycles. The van der Waals surface area contributed by atoms with Gasteiger partial charge in [0.25, 0.3) is 5.56 Å². The van der Waals surface area contributed by atoms with Crippen LogP contribution in [0.5, 0.6) is 0 Å². The van der Waals surface area contributed by atoms with Gasteiger partial charge < -0.3 is 4.57 Å². The first-order valence-electron chi connectivity index (χ1n) is 9.02. The molecule has 0 aliphatic heterocycles. The molecule has 7 heteroatoms. The summed E-state index contributed by atoms with van der Waals surface area (Å²) in [5, 5.41) is 13.4. The molecule has 2 aromatic carbocycles. The maximum atomic E-state index is 14.6. The third-order valence-electron chi connectivity index (χ3n) is 4.93. The number of hydrogen-bond acceptors (Lipinski definition) is 3. The van der Waals surface area contributed by atoms with Crippen molar-refractivity contribution in [1.29, 1.82) is 5.26 Å². The summed E-state index contributed by atoms with van der Waals surface area (Å²) in [7, 11) is 1.76. The molecule has 4 rings (SSSR count). The van der Waals surface area contributed by atoms with Gasteiger partial charge in [-0.1, -0.05) is 19.1 Å². The molecule has 0 spiro atoms. The smallest absolute Gasteiger partial charge is 0.274 e. The van der Waals surface area contributed by atoms with Crippen LogP contribution in [-0.2, 0) is 13.5 Å². The molecule has 2 aromatic heterocycles. The molecule has 0 saturated carbocycles. The second-order valence-electron chi connectivity index (χ2n) is 6.65.